The number of hydrogen-bond donors (Lipinski definition) is 4. The zero-order chi connectivity index (χ0) is 52.1. The van der Waals surface area contributed by atoms with Crippen molar-refractivity contribution in [2.75, 3.05) is 26.4 Å². The van der Waals surface area contributed by atoms with Crippen molar-refractivity contribution in [3.05, 3.63) is 109 Å². The van der Waals surface area contributed by atoms with Crippen molar-refractivity contribution < 1.29 is 44.2 Å². The lowest BCUT2D eigenvalue weighted by Crippen LogP contribution is -2.59. The largest absolute Gasteiger partial charge is 0.457 e. The molecule has 1 aliphatic heterocycles. The minimum atomic E-state index is -1.55. The van der Waals surface area contributed by atoms with Gasteiger partial charge in [-0.2, -0.15) is 0 Å². The Balaban J connectivity index is 2.17. The second-order valence-electron chi connectivity index (χ2n) is 19.3. The molecule has 0 aromatic heterocycles. The summed E-state index contributed by atoms with van der Waals surface area (Å²) in [6.45, 7) is 4.32. The minimum Gasteiger partial charge on any atom is -0.457 e. The van der Waals surface area contributed by atoms with Crippen LogP contribution in [0, 0.1) is 0 Å². The van der Waals surface area contributed by atoms with Crippen LogP contribution in [0.4, 0.5) is 0 Å². The van der Waals surface area contributed by atoms with E-state index in [0.29, 0.717) is 13.0 Å². The third-order valence-corrected chi connectivity index (χ3v) is 12.7. The van der Waals surface area contributed by atoms with Crippen LogP contribution in [-0.2, 0) is 23.7 Å². The number of allylic oxidation sites excluding steroid dienone is 18. The Morgan fingerprint density at radius 1 is 0.444 bits per heavy atom. The minimum absolute atomic E-state index is 0.123. The first-order valence-electron chi connectivity index (χ1n) is 29.0. The van der Waals surface area contributed by atoms with Gasteiger partial charge in [-0.1, -0.05) is 226 Å². The number of aliphatic hydroxyl groups excluding tert-OH is 4. The van der Waals surface area contributed by atoms with E-state index in [4.69, 9.17) is 18.9 Å². The van der Waals surface area contributed by atoms with E-state index in [9.17, 15) is 25.2 Å². The van der Waals surface area contributed by atoms with Gasteiger partial charge >= 0.3 is 5.97 Å². The number of unbranched alkanes of at least 4 members (excludes halogenated alkanes) is 20. The van der Waals surface area contributed by atoms with Crippen LogP contribution in [0.1, 0.15) is 219 Å². The molecule has 0 aromatic carbocycles. The van der Waals surface area contributed by atoms with Gasteiger partial charge in [-0.25, -0.2) is 0 Å². The van der Waals surface area contributed by atoms with Crippen LogP contribution in [0.15, 0.2) is 109 Å². The number of aliphatic hydroxyl groups is 4. The molecule has 0 radical (unpaired) electrons. The van der Waals surface area contributed by atoms with E-state index >= 15 is 0 Å². The molecule has 9 nitrogen and oxygen atoms in total. The van der Waals surface area contributed by atoms with Crippen LogP contribution in [0.25, 0.3) is 0 Å². The number of carbonyl (C=O) groups is 1. The van der Waals surface area contributed by atoms with E-state index in [2.05, 4.69) is 123 Å². The number of rotatable bonds is 49. The standard InChI is InChI=1S/C63H106O9/c1-3-5-7-9-11-13-15-17-19-21-23-25-27-29-30-32-34-36-38-40-42-44-46-48-50-52-59(65)71-57(56-70-63-62(68)61(67)60(66)58(54-64)72-63)55-69-53-51-49-47-45-43-41-39-37-35-33-31-28-26-24-22-20-18-16-14-12-10-8-6-4-2/h5-8,11-14,17-20,23-26,31,33,57-58,60-64,66-68H,3-4,9-10,15-16,21-22,27-30,32,34-56H2,1-2H3/b7-5-,8-6-,13-11-,14-12-,19-17-,20-18-,25-23-,26-24-,33-31-. The van der Waals surface area contributed by atoms with E-state index in [0.717, 1.165) is 103 Å². The molecule has 0 spiro atoms. The maximum atomic E-state index is 12.9. The highest BCUT2D eigenvalue weighted by atomic mass is 16.7. The summed E-state index contributed by atoms with van der Waals surface area (Å²) < 4.78 is 23.0. The molecule has 6 unspecified atom stereocenters. The molecule has 1 saturated heterocycles. The van der Waals surface area contributed by atoms with E-state index in [1.165, 1.54) is 96.3 Å². The molecule has 1 fully saturated rings. The second kappa shape index (κ2) is 52.7. The Hall–Kier alpha value is -3.15. The first-order chi connectivity index (χ1) is 35.4. The highest BCUT2D eigenvalue weighted by molar-refractivity contribution is 5.69. The third kappa shape index (κ3) is 42.2. The average molecular weight is 1010 g/mol. The Labute approximate surface area is 440 Å². The molecule has 412 valence electrons. The molecular formula is C63H106O9. The molecule has 0 amide bonds. The topological polar surface area (TPSA) is 135 Å². The predicted molar refractivity (Wildman–Crippen MR) is 302 cm³/mol. The fraction of sp³-hybridized carbons (Fsp3) is 0.698. The van der Waals surface area contributed by atoms with Crippen LogP contribution >= 0.6 is 0 Å². The van der Waals surface area contributed by atoms with E-state index in [-0.39, 0.29) is 19.2 Å². The lowest BCUT2D eigenvalue weighted by Gasteiger charge is -2.39. The van der Waals surface area contributed by atoms with E-state index in [1.807, 2.05) is 0 Å². The summed E-state index contributed by atoms with van der Waals surface area (Å²) in [5.41, 5.74) is 0. The Bertz CT molecular complexity index is 1470. The van der Waals surface area contributed by atoms with Crippen molar-refractivity contribution in [1.82, 2.24) is 0 Å². The Morgan fingerprint density at radius 2 is 0.806 bits per heavy atom. The molecule has 1 heterocycles. The zero-order valence-electron chi connectivity index (χ0n) is 45.6. The average Bonchev–Trinajstić information content (AvgIpc) is 3.38. The van der Waals surface area contributed by atoms with Crippen molar-refractivity contribution in [2.24, 2.45) is 0 Å². The third-order valence-electron chi connectivity index (χ3n) is 12.7. The summed E-state index contributed by atoms with van der Waals surface area (Å²) in [4.78, 5) is 12.9. The van der Waals surface area contributed by atoms with Crippen molar-refractivity contribution in [2.45, 2.75) is 256 Å². The summed E-state index contributed by atoms with van der Waals surface area (Å²) in [6.07, 6.45) is 68.4. The lowest BCUT2D eigenvalue weighted by molar-refractivity contribution is -0.305. The number of carbonyl (C=O) groups excluding carboxylic acids is 1. The molecular weight excluding hydrogens is 901 g/mol. The molecule has 0 aliphatic carbocycles. The first-order valence-corrected chi connectivity index (χ1v) is 29.0. The van der Waals surface area contributed by atoms with Crippen molar-refractivity contribution in [1.29, 1.82) is 0 Å². The quantitative estimate of drug-likeness (QED) is 0.0267. The van der Waals surface area contributed by atoms with Gasteiger partial charge in [0.15, 0.2) is 6.29 Å². The summed E-state index contributed by atoms with van der Waals surface area (Å²) in [7, 11) is 0. The van der Waals surface area contributed by atoms with E-state index < -0.39 is 43.4 Å². The van der Waals surface area contributed by atoms with Gasteiger partial charge < -0.3 is 39.4 Å². The van der Waals surface area contributed by atoms with Gasteiger partial charge in [-0.15, -0.1) is 0 Å². The summed E-state index contributed by atoms with van der Waals surface area (Å²) >= 11 is 0. The fourth-order valence-electron chi connectivity index (χ4n) is 8.28. The maximum absolute atomic E-state index is 12.9. The number of hydrogen-bond acceptors (Lipinski definition) is 9. The highest BCUT2D eigenvalue weighted by Gasteiger charge is 2.44. The molecule has 1 aliphatic rings. The SMILES string of the molecule is CC/C=C\C/C=C\C/C=C\C/C=C\C/C=C\CCCCCCCCCCOCC(COC1OC(CO)C(O)C(O)C1O)OC(=O)CCCCCCCCCCCCCC/C=C\C/C=C\C/C=C\C/C=C\CC. The summed E-state index contributed by atoms with van der Waals surface area (Å²) in [5, 5.41) is 40.4. The summed E-state index contributed by atoms with van der Waals surface area (Å²) in [6, 6.07) is 0. The highest BCUT2D eigenvalue weighted by Crippen LogP contribution is 2.23. The van der Waals surface area contributed by atoms with Crippen LogP contribution in [0.2, 0.25) is 0 Å². The van der Waals surface area contributed by atoms with Gasteiger partial charge in [0, 0.05) is 13.0 Å². The van der Waals surface area contributed by atoms with Crippen molar-refractivity contribution >= 4 is 5.97 Å². The number of ether oxygens (including phenoxy) is 4. The Morgan fingerprint density at radius 3 is 1.21 bits per heavy atom. The fourth-order valence-corrected chi connectivity index (χ4v) is 8.28. The molecule has 9 heteroatoms. The first kappa shape index (κ1) is 66.9. The van der Waals surface area contributed by atoms with Crippen molar-refractivity contribution in [3.63, 3.8) is 0 Å². The molecule has 0 aromatic rings. The number of esters is 1. The smallest absolute Gasteiger partial charge is 0.306 e. The summed E-state index contributed by atoms with van der Waals surface area (Å²) in [5.74, 6) is -0.322. The van der Waals surface area contributed by atoms with Crippen LogP contribution in [0.5, 0.6) is 0 Å². The molecule has 6 atom stereocenters. The van der Waals surface area contributed by atoms with Gasteiger partial charge in [-0.3, -0.25) is 4.79 Å². The van der Waals surface area contributed by atoms with E-state index in [1.54, 1.807) is 0 Å². The van der Waals surface area contributed by atoms with Gasteiger partial charge in [0.1, 0.15) is 30.5 Å². The maximum Gasteiger partial charge on any atom is 0.306 e. The molecule has 1 rings (SSSR count). The molecule has 0 bridgehead atoms. The predicted octanol–water partition coefficient (Wildman–Crippen LogP) is 15.3. The van der Waals surface area contributed by atoms with Gasteiger partial charge in [-0.05, 0) is 96.3 Å². The van der Waals surface area contributed by atoms with Gasteiger partial charge in [0.05, 0.1) is 19.8 Å². The molecule has 0 saturated carbocycles. The van der Waals surface area contributed by atoms with Crippen LogP contribution in [-0.4, -0.2) is 89.6 Å². The van der Waals surface area contributed by atoms with Crippen LogP contribution < -0.4 is 0 Å². The zero-order valence-corrected chi connectivity index (χ0v) is 45.6. The monoisotopic (exact) mass is 1010 g/mol. The molecule has 72 heavy (non-hydrogen) atoms. The lowest BCUT2D eigenvalue weighted by atomic mass is 9.99. The molecule has 4 N–H and O–H groups in total. The van der Waals surface area contributed by atoms with Crippen LogP contribution in [0.3, 0.4) is 0 Å². The second-order valence-corrected chi connectivity index (χ2v) is 19.3. The Kier molecular flexibility index (Phi) is 48.9. The van der Waals surface area contributed by atoms with Gasteiger partial charge in [0.2, 0.25) is 0 Å². The normalized spacial score (nSPS) is 19.6. The van der Waals surface area contributed by atoms with Crippen molar-refractivity contribution in [3.8, 4) is 0 Å². The van der Waals surface area contributed by atoms with Gasteiger partial charge in [0.25, 0.3) is 0 Å².